The highest BCUT2D eigenvalue weighted by Crippen LogP contribution is 2.20. The average molecular weight is 222 g/mol. The van der Waals surface area contributed by atoms with E-state index in [1.165, 1.54) is 11.3 Å². The number of amides is 1. The fourth-order valence-corrected chi connectivity index (χ4v) is 1.55. The van der Waals surface area contributed by atoms with E-state index in [2.05, 4.69) is 20.9 Å². The van der Waals surface area contributed by atoms with Crippen molar-refractivity contribution in [2.24, 2.45) is 5.84 Å². The summed E-state index contributed by atoms with van der Waals surface area (Å²) in [7, 11) is 0. The lowest BCUT2D eigenvalue weighted by Gasteiger charge is -2.02. The van der Waals surface area contributed by atoms with Gasteiger partial charge < -0.3 is 0 Å². The lowest BCUT2D eigenvalue weighted by Crippen LogP contribution is -2.28. The molecule has 0 saturated heterocycles. The molecule has 0 aliphatic rings. The van der Waals surface area contributed by atoms with Crippen molar-refractivity contribution in [3.05, 3.63) is 9.98 Å². The minimum absolute atomic E-state index is 0.474. The summed E-state index contributed by atoms with van der Waals surface area (Å²) in [5, 5.41) is 3.15. The third-order valence-corrected chi connectivity index (χ3v) is 2.36. The zero-order valence-electron chi connectivity index (χ0n) is 4.82. The Labute approximate surface area is 69.8 Å². The molecule has 0 atom stereocenters. The van der Waals surface area contributed by atoms with E-state index in [-0.39, 0.29) is 0 Å². The first-order valence-electron chi connectivity index (χ1n) is 2.34. The van der Waals surface area contributed by atoms with E-state index in [1.54, 1.807) is 5.38 Å². The molecular weight excluding hydrogens is 218 g/mol. The van der Waals surface area contributed by atoms with Crippen LogP contribution in [0.1, 0.15) is 0 Å². The number of nitrogens with two attached hydrogens (primary N) is 1. The maximum Gasteiger partial charge on any atom is 0.230 e. The zero-order chi connectivity index (χ0) is 7.56. The van der Waals surface area contributed by atoms with Crippen molar-refractivity contribution in [3.8, 4) is 0 Å². The Balaban J connectivity index is 2.84. The third kappa shape index (κ3) is 1.53. The smallest absolute Gasteiger partial charge is 0.230 e. The zero-order valence-corrected chi connectivity index (χ0v) is 7.22. The molecule has 0 fully saturated rings. The van der Waals surface area contributed by atoms with Gasteiger partial charge in [-0.25, -0.2) is 15.8 Å². The molecule has 1 rings (SSSR count). The number of carbonyl (C=O) groups excluding carboxylic acids is 1. The number of nitrogens with zero attached hydrogens (tertiary/aromatic N) is 2. The SMILES string of the molecule is NN(C=O)c1nc(Br)cs1. The lowest BCUT2D eigenvalue weighted by molar-refractivity contribution is -0.107. The van der Waals surface area contributed by atoms with E-state index < -0.39 is 0 Å². The standard InChI is InChI=1S/C4H4BrN3OS/c5-3-1-10-4(7-3)8(6)2-9/h1-2H,6H2. The van der Waals surface area contributed by atoms with Gasteiger partial charge in [-0.2, -0.15) is 0 Å². The van der Waals surface area contributed by atoms with Gasteiger partial charge in [0.1, 0.15) is 4.60 Å². The van der Waals surface area contributed by atoms with Gasteiger partial charge in [0.15, 0.2) is 0 Å². The predicted molar refractivity (Wildman–Crippen MR) is 42.5 cm³/mol. The Morgan fingerprint density at radius 2 is 2.60 bits per heavy atom. The first-order chi connectivity index (χ1) is 4.74. The van der Waals surface area contributed by atoms with Gasteiger partial charge in [0.2, 0.25) is 11.5 Å². The Bertz CT molecular complexity index is 238. The number of aromatic nitrogens is 1. The molecule has 0 bridgehead atoms. The summed E-state index contributed by atoms with van der Waals surface area (Å²) in [5.74, 6) is 5.20. The number of halogens is 1. The van der Waals surface area contributed by atoms with E-state index in [4.69, 9.17) is 5.84 Å². The normalized spacial score (nSPS) is 9.40. The molecule has 0 unspecified atom stereocenters. The van der Waals surface area contributed by atoms with Crippen molar-refractivity contribution in [2.75, 3.05) is 5.01 Å². The van der Waals surface area contributed by atoms with Crippen molar-refractivity contribution in [1.29, 1.82) is 0 Å². The molecule has 4 nitrogen and oxygen atoms in total. The fourth-order valence-electron chi connectivity index (χ4n) is 0.409. The molecule has 0 aliphatic heterocycles. The quantitative estimate of drug-likeness (QED) is 0.347. The minimum atomic E-state index is 0.474. The van der Waals surface area contributed by atoms with Crippen molar-refractivity contribution in [3.63, 3.8) is 0 Å². The minimum Gasteiger partial charge on any atom is -0.277 e. The summed E-state index contributed by atoms with van der Waals surface area (Å²) in [6, 6.07) is 0. The van der Waals surface area contributed by atoms with Crippen LogP contribution >= 0.6 is 27.3 Å². The van der Waals surface area contributed by atoms with Crippen molar-refractivity contribution in [1.82, 2.24) is 4.98 Å². The number of rotatable bonds is 2. The van der Waals surface area contributed by atoms with Gasteiger partial charge in [-0.3, -0.25) is 4.79 Å². The molecule has 1 aromatic heterocycles. The molecule has 0 aliphatic carbocycles. The summed E-state index contributed by atoms with van der Waals surface area (Å²) >= 11 is 4.42. The fraction of sp³-hybridized carbons (Fsp3) is 0. The van der Waals surface area contributed by atoms with Crippen LogP contribution in [0.4, 0.5) is 5.13 Å². The highest BCUT2D eigenvalue weighted by Gasteiger charge is 2.03. The van der Waals surface area contributed by atoms with Crippen LogP contribution in [-0.4, -0.2) is 11.4 Å². The van der Waals surface area contributed by atoms with Gasteiger partial charge in [0, 0.05) is 5.38 Å². The van der Waals surface area contributed by atoms with Gasteiger partial charge in [-0.05, 0) is 15.9 Å². The van der Waals surface area contributed by atoms with Crippen LogP contribution in [0.3, 0.4) is 0 Å². The second kappa shape index (κ2) is 3.09. The molecule has 1 aromatic rings. The number of hydrogen-bond donors (Lipinski definition) is 1. The maximum absolute atomic E-state index is 10.1. The van der Waals surface area contributed by atoms with Gasteiger partial charge in [0.05, 0.1) is 0 Å². The van der Waals surface area contributed by atoms with Crippen LogP contribution in [0.25, 0.3) is 0 Å². The molecule has 0 aromatic carbocycles. The summed E-state index contributed by atoms with van der Waals surface area (Å²) in [5.41, 5.74) is 0. The molecule has 2 N–H and O–H groups in total. The lowest BCUT2D eigenvalue weighted by atomic mass is 11.0. The van der Waals surface area contributed by atoms with E-state index >= 15 is 0 Å². The summed E-state index contributed by atoms with van der Waals surface area (Å²) < 4.78 is 0.685. The second-order valence-electron chi connectivity index (χ2n) is 1.47. The van der Waals surface area contributed by atoms with Crippen LogP contribution in [0.2, 0.25) is 0 Å². The Hall–Kier alpha value is -0.460. The number of hydrazine groups is 1. The summed E-state index contributed by atoms with van der Waals surface area (Å²) in [4.78, 5) is 14.0. The van der Waals surface area contributed by atoms with Crippen molar-refractivity contribution >= 4 is 38.8 Å². The van der Waals surface area contributed by atoms with E-state index in [1.807, 2.05) is 0 Å². The summed E-state index contributed by atoms with van der Waals surface area (Å²) in [6.45, 7) is 0. The number of thiazole rings is 1. The highest BCUT2D eigenvalue weighted by atomic mass is 79.9. The number of hydrogen-bond acceptors (Lipinski definition) is 4. The van der Waals surface area contributed by atoms with Crippen molar-refractivity contribution < 1.29 is 4.79 Å². The predicted octanol–water partition coefficient (Wildman–Crippen LogP) is 0.742. The molecular formula is C4H4BrN3OS. The third-order valence-electron chi connectivity index (χ3n) is 0.798. The van der Waals surface area contributed by atoms with Gasteiger partial charge in [0.25, 0.3) is 0 Å². The molecule has 6 heteroatoms. The van der Waals surface area contributed by atoms with Gasteiger partial charge in [-0.15, -0.1) is 11.3 Å². The first-order valence-corrected chi connectivity index (χ1v) is 4.01. The Morgan fingerprint density at radius 3 is 3.00 bits per heavy atom. The topological polar surface area (TPSA) is 59.2 Å². The molecule has 0 radical (unpaired) electrons. The van der Waals surface area contributed by atoms with Gasteiger partial charge >= 0.3 is 0 Å². The van der Waals surface area contributed by atoms with Crippen LogP contribution in [0.5, 0.6) is 0 Å². The molecule has 10 heavy (non-hydrogen) atoms. The van der Waals surface area contributed by atoms with Crippen molar-refractivity contribution in [2.45, 2.75) is 0 Å². The molecule has 1 amide bonds. The van der Waals surface area contributed by atoms with Crippen LogP contribution in [0.15, 0.2) is 9.98 Å². The first kappa shape index (κ1) is 7.64. The highest BCUT2D eigenvalue weighted by molar-refractivity contribution is 9.10. The summed E-state index contributed by atoms with van der Waals surface area (Å²) in [6.07, 6.45) is 0.505. The van der Waals surface area contributed by atoms with Crippen LogP contribution in [0, 0.1) is 0 Å². The van der Waals surface area contributed by atoms with E-state index in [0.717, 1.165) is 5.01 Å². The molecule has 1 heterocycles. The van der Waals surface area contributed by atoms with E-state index in [0.29, 0.717) is 16.1 Å². The van der Waals surface area contributed by atoms with Crippen LogP contribution in [-0.2, 0) is 4.79 Å². The van der Waals surface area contributed by atoms with E-state index in [9.17, 15) is 4.79 Å². The van der Waals surface area contributed by atoms with Gasteiger partial charge in [-0.1, -0.05) is 0 Å². The Morgan fingerprint density at radius 1 is 1.90 bits per heavy atom. The number of carbonyl (C=O) groups is 1. The Kier molecular flexibility index (Phi) is 2.36. The largest absolute Gasteiger partial charge is 0.277 e. The molecule has 54 valence electrons. The monoisotopic (exact) mass is 221 g/mol. The average Bonchev–Trinajstić information content (AvgIpc) is 2.34. The second-order valence-corrected chi connectivity index (χ2v) is 3.11. The molecule has 0 saturated carbocycles. The maximum atomic E-state index is 10.1. The number of anilines is 1. The molecule has 0 spiro atoms. The van der Waals surface area contributed by atoms with Crippen LogP contribution < -0.4 is 10.9 Å².